The van der Waals surface area contributed by atoms with Crippen LogP contribution in [0.2, 0.25) is 5.02 Å². The molecule has 3 nitrogen and oxygen atoms in total. The molecule has 0 amide bonds. The molecule has 3 aromatic rings. The van der Waals surface area contributed by atoms with E-state index in [1.54, 1.807) is 23.1 Å². The fourth-order valence-corrected chi connectivity index (χ4v) is 4.21. The van der Waals surface area contributed by atoms with Crippen molar-refractivity contribution < 1.29 is 4.74 Å². The first-order chi connectivity index (χ1) is 11.2. The van der Waals surface area contributed by atoms with E-state index in [1.165, 1.54) is 5.56 Å². The Morgan fingerprint density at radius 2 is 2.04 bits per heavy atom. The van der Waals surface area contributed by atoms with Crippen LogP contribution in [0.5, 0.6) is 5.75 Å². The fourth-order valence-electron chi connectivity index (χ4n) is 2.03. The van der Waals surface area contributed by atoms with Gasteiger partial charge in [0.05, 0.1) is 10.2 Å². The zero-order valence-corrected chi connectivity index (χ0v) is 15.1. The standard InChI is InChI=1S/C17H17ClN2OS2/c1-19-8-9-21-14-6-7-15-16(10-14)23-17(20-15)22-11-12-2-4-13(18)5-3-12/h2-7,10,19H,8-9,11H2,1H3. The zero-order valence-electron chi connectivity index (χ0n) is 12.7. The molecule has 0 aliphatic carbocycles. The largest absolute Gasteiger partial charge is 0.492 e. The Hall–Kier alpha value is -1.27. The molecule has 6 heteroatoms. The predicted molar refractivity (Wildman–Crippen MR) is 100 cm³/mol. The van der Waals surface area contributed by atoms with Gasteiger partial charge in [0.15, 0.2) is 4.34 Å². The van der Waals surface area contributed by atoms with E-state index in [9.17, 15) is 0 Å². The lowest BCUT2D eigenvalue weighted by Crippen LogP contribution is -2.15. The highest BCUT2D eigenvalue weighted by molar-refractivity contribution is 8.00. The van der Waals surface area contributed by atoms with E-state index in [0.717, 1.165) is 37.6 Å². The molecule has 1 N–H and O–H groups in total. The van der Waals surface area contributed by atoms with Crippen LogP contribution in [0, 0.1) is 0 Å². The summed E-state index contributed by atoms with van der Waals surface area (Å²) in [5.74, 6) is 1.79. The highest BCUT2D eigenvalue weighted by Crippen LogP contribution is 2.33. The third-order valence-electron chi connectivity index (χ3n) is 3.24. The highest BCUT2D eigenvalue weighted by atomic mass is 35.5. The molecular weight excluding hydrogens is 348 g/mol. The number of thiazole rings is 1. The number of ether oxygens (including phenoxy) is 1. The van der Waals surface area contributed by atoms with Gasteiger partial charge >= 0.3 is 0 Å². The molecule has 0 aliphatic heterocycles. The highest BCUT2D eigenvalue weighted by Gasteiger charge is 2.06. The van der Waals surface area contributed by atoms with Crippen molar-refractivity contribution in [3.05, 3.63) is 53.1 Å². The molecule has 23 heavy (non-hydrogen) atoms. The smallest absolute Gasteiger partial charge is 0.151 e. The van der Waals surface area contributed by atoms with Crippen molar-refractivity contribution in [2.75, 3.05) is 20.2 Å². The third kappa shape index (κ3) is 4.61. The van der Waals surface area contributed by atoms with Gasteiger partial charge in [0.25, 0.3) is 0 Å². The summed E-state index contributed by atoms with van der Waals surface area (Å²) in [6, 6.07) is 14.0. The minimum absolute atomic E-state index is 0.666. The van der Waals surface area contributed by atoms with Gasteiger partial charge in [0, 0.05) is 17.3 Å². The molecule has 1 heterocycles. The molecule has 0 unspecified atom stereocenters. The summed E-state index contributed by atoms with van der Waals surface area (Å²) in [4.78, 5) is 4.67. The van der Waals surface area contributed by atoms with Crippen LogP contribution in [0.25, 0.3) is 10.2 Å². The molecule has 0 aliphatic rings. The summed E-state index contributed by atoms with van der Waals surface area (Å²) >= 11 is 9.36. The van der Waals surface area contributed by atoms with E-state index in [4.69, 9.17) is 16.3 Å². The van der Waals surface area contributed by atoms with Crippen molar-refractivity contribution in [1.82, 2.24) is 10.3 Å². The SMILES string of the molecule is CNCCOc1ccc2nc(SCc3ccc(Cl)cc3)sc2c1. The van der Waals surface area contributed by atoms with E-state index >= 15 is 0 Å². The van der Waals surface area contributed by atoms with Gasteiger partial charge in [-0.05, 0) is 42.9 Å². The summed E-state index contributed by atoms with van der Waals surface area (Å²) in [5, 5.41) is 3.84. The number of fused-ring (bicyclic) bond motifs is 1. The number of thioether (sulfide) groups is 1. The molecule has 0 spiro atoms. The van der Waals surface area contributed by atoms with E-state index in [1.807, 2.05) is 31.3 Å². The van der Waals surface area contributed by atoms with Crippen LogP contribution < -0.4 is 10.1 Å². The fraction of sp³-hybridized carbons (Fsp3) is 0.235. The monoisotopic (exact) mass is 364 g/mol. The summed E-state index contributed by atoms with van der Waals surface area (Å²) in [6.45, 7) is 1.50. The van der Waals surface area contributed by atoms with E-state index in [-0.39, 0.29) is 0 Å². The second-order valence-corrected chi connectivity index (χ2v) is 7.67. The molecule has 1 aromatic heterocycles. The Kier molecular flexibility index (Phi) is 5.78. The number of nitrogens with one attached hydrogen (secondary N) is 1. The number of hydrogen-bond acceptors (Lipinski definition) is 5. The van der Waals surface area contributed by atoms with Gasteiger partial charge in [-0.3, -0.25) is 0 Å². The molecule has 0 radical (unpaired) electrons. The van der Waals surface area contributed by atoms with Gasteiger partial charge < -0.3 is 10.1 Å². The molecule has 0 fully saturated rings. The van der Waals surface area contributed by atoms with Crippen molar-refractivity contribution in [3.8, 4) is 5.75 Å². The van der Waals surface area contributed by atoms with E-state index < -0.39 is 0 Å². The van der Waals surface area contributed by atoms with E-state index in [2.05, 4.69) is 28.5 Å². The van der Waals surface area contributed by atoms with Gasteiger partial charge in [-0.1, -0.05) is 35.5 Å². The molecule has 2 aromatic carbocycles. The van der Waals surface area contributed by atoms with Gasteiger partial charge in [0.2, 0.25) is 0 Å². The van der Waals surface area contributed by atoms with Crippen LogP contribution in [0.1, 0.15) is 5.56 Å². The van der Waals surface area contributed by atoms with Crippen molar-refractivity contribution >= 4 is 44.9 Å². The molecule has 0 bridgehead atoms. The number of benzene rings is 2. The maximum absolute atomic E-state index is 5.91. The minimum atomic E-state index is 0.666. The quantitative estimate of drug-likeness (QED) is 0.480. The zero-order chi connectivity index (χ0) is 16.1. The lowest BCUT2D eigenvalue weighted by Gasteiger charge is -2.04. The second-order valence-electron chi connectivity index (χ2n) is 4.98. The Morgan fingerprint density at radius 1 is 1.22 bits per heavy atom. The van der Waals surface area contributed by atoms with Gasteiger partial charge in [-0.15, -0.1) is 11.3 Å². The average molecular weight is 365 g/mol. The molecule has 3 rings (SSSR count). The predicted octanol–water partition coefficient (Wildman–Crippen LogP) is 4.84. The lowest BCUT2D eigenvalue weighted by molar-refractivity contribution is 0.319. The summed E-state index contributed by atoms with van der Waals surface area (Å²) in [6.07, 6.45) is 0. The number of aromatic nitrogens is 1. The maximum atomic E-state index is 5.91. The van der Waals surface area contributed by atoms with Crippen LogP contribution in [0.3, 0.4) is 0 Å². The molecule has 120 valence electrons. The number of likely N-dealkylation sites (N-methyl/N-ethyl adjacent to an activating group) is 1. The van der Waals surface area contributed by atoms with Crippen LogP contribution in [0.4, 0.5) is 0 Å². The maximum Gasteiger partial charge on any atom is 0.151 e. The van der Waals surface area contributed by atoms with Crippen molar-refractivity contribution in [2.24, 2.45) is 0 Å². The third-order valence-corrected chi connectivity index (χ3v) is 5.72. The van der Waals surface area contributed by atoms with Crippen LogP contribution in [-0.2, 0) is 5.75 Å². The number of nitrogens with zero attached hydrogens (tertiary/aromatic N) is 1. The molecule has 0 saturated heterocycles. The molecule has 0 saturated carbocycles. The molecular formula is C17H17ClN2OS2. The number of rotatable bonds is 7. The van der Waals surface area contributed by atoms with Crippen molar-refractivity contribution in [1.29, 1.82) is 0 Å². The topological polar surface area (TPSA) is 34.1 Å². The number of hydrogen-bond donors (Lipinski definition) is 1. The van der Waals surface area contributed by atoms with Gasteiger partial charge in [-0.25, -0.2) is 4.98 Å². The first-order valence-electron chi connectivity index (χ1n) is 7.30. The Bertz CT molecular complexity index is 774. The van der Waals surface area contributed by atoms with Crippen molar-refractivity contribution in [2.45, 2.75) is 10.1 Å². The summed E-state index contributed by atoms with van der Waals surface area (Å²) in [5.41, 5.74) is 2.27. The normalized spacial score (nSPS) is 11.0. The first-order valence-corrected chi connectivity index (χ1v) is 9.48. The lowest BCUT2D eigenvalue weighted by atomic mass is 10.2. The first kappa shape index (κ1) is 16.6. The minimum Gasteiger partial charge on any atom is -0.492 e. The van der Waals surface area contributed by atoms with Crippen LogP contribution in [0.15, 0.2) is 46.8 Å². The second kappa shape index (κ2) is 8.02. The van der Waals surface area contributed by atoms with E-state index in [0.29, 0.717) is 6.61 Å². The Labute approximate surface area is 149 Å². The average Bonchev–Trinajstić information content (AvgIpc) is 2.97. The van der Waals surface area contributed by atoms with Gasteiger partial charge in [0.1, 0.15) is 12.4 Å². The summed E-state index contributed by atoms with van der Waals surface area (Å²) < 4.78 is 7.93. The number of halogens is 1. The Morgan fingerprint density at radius 3 is 2.83 bits per heavy atom. The summed E-state index contributed by atoms with van der Waals surface area (Å²) in [7, 11) is 1.92. The Balaban J connectivity index is 1.66. The molecule has 0 atom stereocenters. The van der Waals surface area contributed by atoms with Crippen LogP contribution in [-0.4, -0.2) is 25.2 Å². The van der Waals surface area contributed by atoms with Crippen LogP contribution >= 0.6 is 34.7 Å². The van der Waals surface area contributed by atoms with Gasteiger partial charge in [-0.2, -0.15) is 0 Å². The van der Waals surface area contributed by atoms with Crippen molar-refractivity contribution in [3.63, 3.8) is 0 Å².